The van der Waals surface area contributed by atoms with Crippen LogP contribution in [0.15, 0.2) is 24.5 Å². The smallest absolute Gasteiger partial charge is 0.133 e. The molecule has 18 heavy (non-hydrogen) atoms. The number of nitrogens with zero attached hydrogens (tertiary/aromatic N) is 3. The van der Waals surface area contributed by atoms with Crippen molar-refractivity contribution < 1.29 is 8.78 Å². The molecule has 0 amide bonds. The van der Waals surface area contributed by atoms with Gasteiger partial charge in [-0.25, -0.2) is 8.78 Å². The van der Waals surface area contributed by atoms with Crippen LogP contribution in [0, 0.1) is 11.6 Å². The van der Waals surface area contributed by atoms with Gasteiger partial charge < -0.3 is 9.88 Å². The van der Waals surface area contributed by atoms with E-state index in [2.05, 4.69) is 15.5 Å². The summed E-state index contributed by atoms with van der Waals surface area (Å²) >= 11 is 0. The van der Waals surface area contributed by atoms with E-state index in [9.17, 15) is 8.78 Å². The summed E-state index contributed by atoms with van der Waals surface area (Å²) in [5.74, 6) is -0.242. The Bertz CT molecular complexity index is 504. The van der Waals surface area contributed by atoms with Crippen molar-refractivity contribution in [1.29, 1.82) is 0 Å². The van der Waals surface area contributed by atoms with Crippen LogP contribution in [0.25, 0.3) is 0 Å². The second-order valence-electron chi connectivity index (χ2n) is 4.06. The van der Waals surface area contributed by atoms with Crippen LogP contribution in [0.4, 0.5) is 8.78 Å². The van der Waals surface area contributed by atoms with Gasteiger partial charge in [0.2, 0.25) is 0 Å². The average molecular weight is 252 g/mol. The van der Waals surface area contributed by atoms with Crippen molar-refractivity contribution in [2.75, 3.05) is 6.54 Å². The summed E-state index contributed by atoms with van der Waals surface area (Å²) in [7, 11) is 1.87. The molecule has 0 aliphatic carbocycles. The van der Waals surface area contributed by atoms with Crippen LogP contribution >= 0.6 is 0 Å². The lowest BCUT2D eigenvalue weighted by atomic mass is 10.2. The van der Waals surface area contributed by atoms with Crippen molar-refractivity contribution in [3.8, 4) is 0 Å². The quantitative estimate of drug-likeness (QED) is 0.818. The number of halogens is 2. The summed E-state index contributed by atoms with van der Waals surface area (Å²) in [5, 5.41) is 10.8. The number of hydrogen-bond acceptors (Lipinski definition) is 3. The molecule has 0 saturated carbocycles. The van der Waals surface area contributed by atoms with Gasteiger partial charge >= 0.3 is 0 Å². The first kappa shape index (κ1) is 12.6. The Kier molecular flexibility index (Phi) is 3.99. The lowest BCUT2D eigenvalue weighted by molar-refractivity contribution is 0.574. The van der Waals surface area contributed by atoms with Crippen molar-refractivity contribution in [1.82, 2.24) is 20.1 Å². The van der Waals surface area contributed by atoms with Gasteiger partial charge in [-0.15, -0.1) is 10.2 Å². The molecule has 96 valence electrons. The highest BCUT2D eigenvalue weighted by Crippen LogP contribution is 2.07. The minimum Gasteiger partial charge on any atom is -0.321 e. The molecule has 4 nitrogen and oxygen atoms in total. The number of rotatable bonds is 5. The SMILES string of the molecule is Cn1cnnc1CCNCc1cc(F)cc(F)c1. The minimum atomic E-state index is -0.555. The fourth-order valence-electron chi connectivity index (χ4n) is 1.68. The zero-order valence-corrected chi connectivity index (χ0v) is 10.0. The largest absolute Gasteiger partial charge is 0.321 e. The van der Waals surface area contributed by atoms with Crippen LogP contribution in [-0.2, 0) is 20.0 Å². The van der Waals surface area contributed by atoms with E-state index in [1.807, 2.05) is 11.6 Å². The summed E-state index contributed by atoms with van der Waals surface area (Å²) in [5.41, 5.74) is 0.588. The van der Waals surface area contributed by atoms with E-state index in [0.717, 1.165) is 11.9 Å². The minimum absolute atomic E-state index is 0.423. The van der Waals surface area contributed by atoms with Crippen LogP contribution < -0.4 is 5.32 Å². The Morgan fingerprint density at radius 3 is 2.56 bits per heavy atom. The molecule has 0 radical (unpaired) electrons. The van der Waals surface area contributed by atoms with E-state index in [1.54, 1.807) is 6.33 Å². The predicted octanol–water partition coefficient (Wildman–Crippen LogP) is 1.43. The molecule has 0 unspecified atom stereocenters. The van der Waals surface area contributed by atoms with E-state index >= 15 is 0 Å². The summed E-state index contributed by atoms with van der Waals surface area (Å²) in [6.45, 7) is 1.09. The molecule has 0 bridgehead atoms. The molecule has 0 atom stereocenters. The number of benzene rings is 1. The second kappa shape index (κ2) is 5.68. The third-order valence-corrected chi connectivity index (χ3v) is 2.58. The molecule has 1 heterocycles. The summed E-state index contributed by atoms with van der Waals surface area (Å²) in [6, 6.07) is 3.50. The fourth-order valence-corrected chi connectivity index (χ4v) is 1.68. The first-order valence-corrected chi connectivity index (χ1v) is 5.64. The molecule has 0 spiro atoms. The van der Waals surface area contributed by atoms with Crippen molar-refractivity contribution in [2.24, 2.45) is 7.05 Å². The molecular weight excluding hydrogens is 238 g/mol. The Hall–Kier alpha value is -1.82. The van der Waals surface area contributed by atoms with E-state index in [0.29, 0.717) is 25.1 Å². The second-order valence-corrected chi connectivity index (χ2v) is 4.06. The highest BCUT2D eigenvalue weighted by atomic mass is 19.1. The van der Waals surface area contributed by atoms with E-state index < -0.39 is 11.6 Å². The van der Waals surface area contributed by atoms with Crippen LogP contribution in [0.2, 0.25) is 0 Å². The Morgan fingerprint density at radius 2 is 1.94 bits per heavy atom. The lowest BCUT2D eigenvalue weighted by Gasteiger charge is -2.05. The summed E-state index contributed by atoms with van der Waals surface area (Å²) < 4.78 is 27.7. The van der Waals surface area contributed by atoms with E-state index in [1.165, 1.54) is 12.1 Å². The normalized spacial score (nSPS) is 10.8. The van der Waals surface area contributed by atoms with Gasteiger partial charge in [0.15, 0.2) is 0 Å². The van der Waals surface area contributed by atoms with Gasteiger partial charge in [-0.2, -0.15) is 0 Å². The molecule has 0 aliphatic heterocycles. The van der Waals surface area contributed by atoms with Gasteiger partial charge in [0.25, 0.3) is 0 Å². The highest BCUT2D eigenvalue weighted by Gasteiger charge is 2.02. The molecule has 2 rings (SSSR count). The number of aromatic nitrogens is 3. The Labute approximate surface area is 104 Å². The summed E-state index contributed by atoms with van der Waals surface area (Å²) in [6.07, 6.45) is 2.35. The molecule has 1 aromatic carbocycles. The molecule has 6 heteroatoms. The van der Waals surface area contributed by atoms with Crippen LogP contribution in [-0.4, -0.2) is 21.3 Å². The van der Waals surface area contributed by atoms with Crippen LogP contribution in [0.1, 0.15) is 11.4 Å². The van der Waals surface area contributed by atoms with Gasteiger partial charge in [0, 0.05) is 32.6 Å². The van der Waals surface area contributed by atoms with Gasteiger partial charge in [0.05, 0.1) is 0 Å². The third kappa shape index (κ3) is 3.33. The van der Waals surface area contributed by atoms with Gasteiger partial charge in [-0.05, 0) is 17.7 Å². The zero-order chi connectivity index (χ0) is 13.0. The Balaban J connectivity index is 1.80. The maximum Gasteiger partial charge on any atom is 0.133 e. The molecule has 0 saturated heterocycles. The van der Waals surface area contributed by atoms with E-state index in [-0.39, 0.29) is 0 Å². The van der Waals surface area contributed by atoms with E-state index in [4.69, 9.17) is 0 Å². The topological polar surface area (TPSA) is 42.7 Å². The zero-order valence-electron chi connectivity index (χ0n) is 10.0. The average Bonchev–Trinajstić information content (AvgIpc) is 2.69. The van der Waals surface area contributed by atoms with Crippen molar-refractivity contribution in [2.45, 2.75) is 13.0 Å². The van der Waals surface area contributed by atoms with Gasteiger partial charge in [-0.3, -0.25) is 0 Å². The molecule has 2 aromatic rings. The lowest BCUT2D eigenvalue weighted by Crippen LogP contribution is -2.18. The molecular formula is C12H14F2N4. The van der Waals surface area contributed by atoms with Gasteiger partial charge in [-0.1, -0.05) is 0 Å². The Morgan fingerprint density at radius 1 is 1.22 bits per heavy atom. The van der Waals surface area contributed by atoms with Crippen molar-refractivity contribution in [3.63, 3.8) is 0 Å². The van der Waals surface area contributed by atoms with Crippen LogP contribution in [0.5, 0.6) is 0 Å². The fraction of sp³-hybridized carbons (Fsp3) is 0.333. The third-order valence-electron chi connectivity index (χ3n) is 2.58. The molecule has 0 fully saturated rings. The number of aryl methyl sites for hydroxylation is 1. The maximum atomic E-state index is 12.9. The van der Waals surface area contributed by atoms with Crippen LogP contribution in [0.3, 0.4) is 0 Å². The van der Waals surface area contributed by atoms with Gasteiger partial charge in [0.1, 0.15) is 23.8 Å². The van der Waals surface area contributed by atoms with Crippen molar-refractivity contribution in [3.05, 3.63) is 47.5 Å². The molecule has 1 aromatic heterocycles. The maximum absolute atomic E-state index is 12.9. The molecule has 0 aliphatic rings. The number of nitrogens with one attached hydrogen (secondary N) is 1. The first-order chi connectivity index (χ1) is 8.65. The van der Waals surface area contributed by atoms with Crippen molar-refractivity contribution >= 4 is 0 Å². The monoisotopic (exact) mass is 252 g/mol. The predicted molar refractivity (Wildman–Crippen MR) is 62.8 cm³/mol. The highest BCUT2D eigenvalue weighted by molar-refractivity contribution is 5.17. The summed E-state index contributed by atoms with van der Waals surface area (Å²) in [4.78, 5) is 0. The number of hydrogen-bond donors (Lipinski definition) is 1. The standard InChI is InChI=1S/C12H14F2N4/c1-18-8-16-17-12(18)2-3-15-7-9-4-10(13)6-11(14)5-9/h4-6,8,15H,2-3,7H2,1H3. The molecule has 1 N–H and O–H groups in total. The first-order valence-electron chi connectivity index (χ1n) is 5.64.